The second-order valence-electron chi connectivity index (χ2n) is 4.61. The Bertz CT molecular complexity index is 609. The third-order valence-electron chi connectivity index (χ3n) is 2.74. The highest BCUT2D eigenvalue weighted by Gasteiger charge is 2.35. The minimum Gasteiger partial charge on any atom is -0.212 e. The highest BCUT2D eigenvalue weighted by atomic mass is 32.2. The maximum atomic E-state index is 12.8. The van der Waals surface area contributed by atoms with Gasteiger partial charge in [0.25, 0.3) is 0 Å². The summed E-state index contributed by atoms with van der Waals surface area (Å²) in [4.78, 5) is 0. The van der Waals surface area contributed by atoms with Crippen LogP contribution in [0.2, 0.25) is 0 Å². The minimum atomic E-state index is -4.69. The molecular formula is C12H13F6NO2S. The van der Waals surface area contributed by atoms with Gasteiger partial charge in [0.1, 0.15) is 0 Å². The second kappa shape index (κ2) is 6.45. The van der Waals surface area contributed by atoms with E-state index >= 15 is 0 Å². The highest BCUT2D eigenvalue weighted by molar-refractivity contribution is 7.89. The first-order valence-electron chi connectivity index (χ1n) is 6.05. The van der Waals surface area contributed by atoms with Crippen LogP contribution in [0.25, 0.3) is 0 Å². The molecule has 0 unspecified atom stereocenters. The van der Waals surface area contributed by atoms with Gasteiger partial charge in [-0.1, -0.05) is 18.2 Å². The Labute approximate surface area is 123 Å². The summed E-state index contributed by atoms with van der Waals surface area (Å²) in [6.45, 7) is 1.13. The van der Waals surface area contributed by atoms with Gasteiger partial charge in [0.05, 0.1) is 17.7 Å². The van der Waals surface area contributed by atoms with Crippen LogP contribution in [0.5, 0.6) is 0 Å². The Kier molecular flexibility index (Phi) is 5.50. The molecule has 10 heteroatoms. The van der Waals surface area contributed by atoms with E-state index in [1.54, 1.807) is 0 Å². The van der Waals surface area contributed by atoms with Crippen LogP contribution in [0.3, 0.4) is 0 Å². The standard InChI is InChI=1S/C12H13F6NO2S/c1-8(19-22(20,21)7-6-11(13,14)15)9-4-2-3-5-10(9)12(16,17)18/h2-5,8,19H,6-7H2,1H3/t8-/m0/s1. The van der Waals surface area contributed by atoms with Gasteiger partial charge in [0.2, 0.25) is 10.0 Å². The third-order valence-corrected chi connectivity index (χ3v) is 4.20. The summed E-state index contributed by atoms with van der Waals surface area (Å²) in [5.41, 5.74) is -1.40. The number of nitrogens with one attached hydrogen (secondary N) is 1. The summed E-state index contributed by atoms with van der Waals surface area (Å²) < 4.78 is 99.4. The highest BCUT2D eigenvalue weighted by Crippen LogP contribution is 2.34. The van der Waals surface area contributed by atoms with Crippen molar-refractivity contribution in [2.24, 2.45) is 0 Å². The molecule has 0 fully saturated rings. The molecule has 1 N–H and O–H groups in total. The summed E-state index contributed by atoms with van der Waals surface area (Å²) in [7, 11) is -4.36. The number of rotatable bonds is 5. The number of hydrogen-bond acceptors (Lipinski definition) is 2. The monoisotopic (exact) mass is 349 g/mol. The molecule has 3 nitrogen and oxygen atoms in total. The zero-order chi connectivity index (χ0) is 17.2. The average molecular weight is 349 g/mol. The maximum Gasteiger partial charge on any atom is 0.416 e. The van der Waals surface area contributed by atoms with Crippen molar-refractivity contribution in [1.82, 2.24) is 4.72 Å². The van der Waals surface area contributed by atoms with Crippen LogP contribution in [0.1, 0.15) is 30.5 Å². The van der Waals surface area contributed by atoms with Crippen LogP contribution in [0.15, 0.2) is 24.3 Å². The Balaban J connectivity index is 2.92. The second-order valence-corrected chi connectivity index (χ2v) is 6.48. The van der Waals surface area contributed by atoms with Gasteiger partial charge < -0.3 is 0 Å². The van der Waals surface area contributed by atoms with Gasteiger partial charge in [0.15, 0.2) is 0 Å². The third kappa shape index (κ3) is 5.84. The zero-order valence-electron chi connectivity index (χ0n) is 11.3. The van der Waals surface area contributed by atoms with Crippen LogP contribution in [-0.4, -0.2) is 20.3 Å². The van der Waals surface area contributed by atoms with Gasteiger partial charge in [-0.3, -0.25) is 0 Å². The molecule has 1 aromatic rings. The van der Waals surface area contributed by atoms with Crippen molar-refractivity contribution in [2.45, 2.75) is 31.7 Å². The molecule has 0 amide bonds. The summed E-state index contributed by atoms with van der Waals surface area (Å²) in [6.07, 6.45) is -10.9. The molecule has 0 spiro atoms. The molecule has 0 aliphatic heterocycles. The Hall–Kier alpha value is -1.29. The predicted octanol–water partition coefficient (Wildman–Crippen LogP) is 3.64. The summed E-state index contributed by atoms with van der Waals surface area (Å²) >= 11 is 0. The van der Waals surface area contributed by atoms with Gasteiger partial charge in [-0.05, 0) is 18.6 Å². The topological polar surface area (TPSA) is 46.2 Å². The molecule has 22 heavy (non-hydrogen) atoms. The average Bonchev–Trinajstić information content (AvgIpc) is 2.34. The van der Waals surface area contributed by atoms with Crippen molar-refractivity contribution in [3.05, 3.63) is 35.4 Å². The first-order chi connectivity index (χ1) is 9.82. The lowest BCUT2D eigenvalue weighted by molar-refractivity contribution is -0.138. The molecule has 126 valence electrons. The molecule has 0 heterocycles. The molecule has 0 aromatic heterocycles. The largest absolute Gasteiger partial charge is 0.416 e. The van der Waals surface area contributed by atoms with E-state index in [9.17, 15) is 34.8 Å². The molecular weight excluding hydrogens is 336 g/mol. The van der Waals surface area contributed by atoms with Gasteiger partial charge in [-0.2, -0.15) is 26.3 Å². The van der Waals surface area contributed by atoms with Crippen molar-refractivity contribution in [3.63, 3.8) is 0 Å². The normalized spacial score (nSPS) is 14.9. The van der Waals surface area contributed by atoms with Crippen molar-refractivity contribution < 1.29 is 34.8 Å². The van der Waals surface area contributed by atoms with E-state index in [0.717, 1.165) is 25.1 Å². The fourth-order valence-electron chi connectivity index (χ4n) is 1.77. The van der Waals surface area contributed by atoms with Crippen molar-refractivity contribution >= 4 is 10.0 Å². The number of halogens is 6. The molecule has 0 radical (unpaired) electrons. The molecule has 0 saturated heterocycles. The fourth-order valence-corrected chi connectivity index (χ4v) is 3.06. The number of sulfonamides is 1. The molecule has 1 aromatic carbocycles. The molecule has 1 rings (SSSR count). The first kappa shape index (κ1) is 18.8. The van der Waals surface area contributed by atoms with E-state index < -0.39 is 46.2 Å². The quantitative estimate of drug-likeness (QED) is 0.825. The van der Waals surface area contributed by atoms with Crippen LogP contribution < -0.4 is 4.72 Å². The predicted molar refractivity (Wildman–Crippen MR) is 67.5 cm³/mol. The maximum absolute atomic E-state index is 12.8. The van der Waals surface area contributed by atoms with E-state index in [-0.39, 0.29) is 5.56 Å². The van der Waals surface area contributed by atoms with E-state index in [1.165, 1.54) is 6.07 Å². The summed E-state index contributed by atoms with van der Waals surface area (Å²) in [6, 6.07) is 2.95. The fraction of sp³-hybridized carbons (Fsp3) is 0.500. The Morgan fingerprint density at radius 1 is 1.09 bits per heavy atom. The molecule has 0 aliphatic rings. The number of benzene rings is 1. The van der Waals surface area contributed by atoms with Gasteiger partial charge >= 0.3 is 12.4 Å². The molecule has 0 aliphatic carbocycles. The Morgan fingerprint density at radius 2 is 1.64 bits per heavy atom. The first-order valence-corrected chi connectivity index (χ1v) is 7.70. The van der Waals surface area contributed by atoms with Crippen LogP contribution in [-0.2, 0) is 16.2 Å². The minimum absolute atomic E-state index is 0.356. The lowest BCUT2D eigenvalue weighted by Gasteiger charge is -2.19. The molecule has 1 atom stereocenters. The van der Waals surface area contributed by atoms with E-state index in [0.29, 0.717) is 0 Å². The van der Waals surface area contributed by atoms with E-state index in [1.807, 2.05) is 4.72 Å². The van der Waals surface area contributed by atoms with Crippen LogP contribution in [0, 0.1) is 0 Å². The van der Waals surface area contributed by atoms with Crippen LogP contribution in [0.4, 0.5) is 26.3 Å². The lowest BCUT2D eigenvalue weighted by Crippen LogP contribution is -2.32. The zero-order valence-corrected chi connectivity index (χ0v) is 12.1. The van der Waals surface area contributed by atoms with Gasteiger partial charge in [-0.15, -0.1) is 0 Å². The van der Waals surface area contributed by atoms with E-state index in [4.69, 9.17) is 0 Å². The Morgan fingerprint density at radius 3 is 2.14 bits per heavy atom. The van der Waals surface area contributed by atoms with Gasteiger partial charge in [-0.25, -0.2) is 13.1 Å². The van der Waals surface area contributed by atoms with Crippen molar-refractivity contribution in [3.8, 4) is 0 Å². The molecule has 0 saturated carbocycles. The number of hydrogen-bond donors (Lipinski definition) is 1. The molecule has 0 bridgehead atoms. The SMILES string of the molecule is C[C@H](NS(=O)(=O)CCC(F)(F)F)c1ccccc1C(F)(F)F. The van der Waals surface area contributed by atoms with Gasteiger partial charge in [0, 0.05) is 6.04 Å². The van der Waals surface area contributed by atoms with Crippen molar-refractivity contribution in [2.75, 3.05) is 5.75 Å². The lowest BCUT2D eigenvalue weighted by atomic mass is 10.0. The number of alkyl halides is 6. The summed E-state index contributed by atoms with van der Waals surface area (Å²) in [5, 5.41) is 0. The summed E-state index contributed by atoms with van der Waals surface area (Å²) in [5.74, 6) is -1.24. The van der Waals surface area contributed by atoms with Crippen molar-refractivity contribution in [1.29, 1.82) is 0 Å². The smallest absolute Gasteiger partial charge is 0.212 e. The van der Waals surface area contributed by atoms with Crippen LogP contribution >= 0.6 is 0 Å². The van der Waals surface area contributed by atoms with E-state index in [2.05, 4.69) is 0 Å².